The fourth-order valence-corrected chi connectivity index (χ4v) is 14.0. The first-order valence-electron chi connectivity index (χ1n) is 22.7. The minimum Gasteiger partial charge on any atom is -0.462 e. The van der Waals surface area contributed by atoms with Crippen LogP contribution in [0.4, 0.5) is 0 Å². The SMILES string of the molecule is CC(=O)O[C@@H](c1nnc(-c2ccc(Cl)cc2)o1)[C@@]12CC[C@]3(C)[C@H](CC[C@@H]4[C@@]5(C)CC[C@H](OC(=O)CC(C)(C)C(=O)OC(C)(C)C)C(C)(C)[C@@H]5CC[C@]43C)C1=C(C(C)C)C(=O)C2. The lowest BCUT2D eigenvalue weighted by molar-refractivity contribution is -0.236. The van der Waals surface area contributed by atoms with Crippen molar-refractivity contribution in [3.05, 3.63) is 46.3 Å². The molecule has 10 nitrogen and oxygen atoms in total. The summed E-state index contributed by atoms with van der Waals surface area (Å²) in [4.78, 5) is 54.1. The maximum atomic E-state index is 14.5. The lowest BCUT2D eigenvalue weighted by Gasteiger charge is -2.72. The van der Waals surface area contributed by atoms with Crippen molar-refractivity contribution in [3.8, 4) is 11.5 Å². The number of hydrogen-bond acceptors (Lipinski definition) is 10. The molecule has 0 aliphatic heterocycles. The van der Waals surface area contributed by atoms with Crippen LogP contribution in [0.5, 0.6) is 0 Å². The van der Waals surface area contributed by atoms with Gasteiger partial charge in [-0.25, -0.2) is 0 Å². The Labute approximate surface area is 368 Å². The topological polar surface area (TPSA) is 135 Å². The summed E-state index contributed by atoms with van der Waals surface area (Å²) in [6.45, 7) is 26.7. The molecule has 0 amide bonds. The number of halogens is 1. The third-order valence-corrected chi connectivity index (χ3v) is 17.0. The summed E-state index contributed by atoms with van der Waals surface area (Å²) in [5.41, 5.74) is -0.191. The van der Waals surface area contributed by atoms with Crippen LogP contribution in [0.2, 0.25) is 5.02 Å². The van der Waals surface area contributed by atoms with Gasteiger partial charge in [0.2, 0.25) is 5.89 Å². The van der Waals surface area contributed by atoms with Gasteiger partial charge >= 0.3 is 17.9 Å². The number of nitrogens with zero attached hydrogens (tertiary/aromatic N) is 2. The second-order valence-corrected chi connectivity index (χ2v) is 23.1. The highest BCUT2D eigenvalue weighted by Gasteiger charge is 2.71. The molecular weight excluding hydrogens is 792 g/mol. The van der Waals surface area contributed by atoms with Crippen LogP contribution in [-0.2, 0) is 33.4 Å². The number of carbonyl (C=O) groups is 4. The van der Waals surface area contributed by atoms with Crippen LogP contribution >= 0.6 is 11.6 Å². The molecule has 4 fully saturated rings. The van der Waals surface area contributed by atoms with Gasteiger partial charge in [-0.2, -0.15) is 0 Å². The van der Waals surface area contributed by atoms with Crippen molar-refractivity contribution >= 4 is 35.3 Å². The van der Waals surface area contributed by atoms with Crippen LogP contribution < -0.4 is 0 Å². The van der Waals surface area contributed by atoms with Crippen molar-refractivity contribution in [2.75, 3.05) is 0 Å². The molecule has 61 heavy (non-hydrogen) atoms. The van der Waals surface area contributed by atoms with Gasteiger partial charge in [0.15, 0.2) is 11.9 Å². The van der Waals surface area contributed by atoms with Crippen molar-refractivity contribution in [1.29, 1.82) is 0 Å². The van der Waals surface area contributed by atoms with Gasteiger partial charge in [-0.05, 0) is 161 Å². The van der Waals surface area contributed by atoms with Gasteiger partial charge in [0.1, 0.15) is 11.7 Å². The number of allylic oxidation sites excluding steroid dienone is 1. The summed E-state index contributed by atoms with van der Waals surface area (Å²) in [5, 5.41) is 9.50. The Morgan fingerprint density at radius 2 is 1.54 bits per heavy atom. The second kappa shape index (κ2) is 15.3. The highest BCUT2D eigenvalue weighted by molar-refractivity contribution is 6.30. The molecule has 0 bridgehead atoms. The van der Waals surface area contributed by atoms with Crippen molar-refractivity contribution in [1.82, 2.24) is 10.2 Å². The zero-order valence-corrected chi connectivity index (χ0v) is 39.6. The van der Waals surface area contributed by atoms with Gasteiger partial charge < -0.3 is 18.6 Å². The number of hydrogen-bond donors (Lipinski definition) is 0. The number of rotatable bonds is 9. The minimum atomic E-state index is -1.01. The van der Waals surface area contributed by atoms with E-state index >= 15 is 0 Å². The molecule has 5 aliphatic carbocycles. The lowest BCUT2D eigenvalue weighted by Crippen LogP contribution is -2.66. The maximum absolute atomic E-state index is 14.5. The molecule has 7 rings (SSSR count). The van der Waals surface area contributed by atoms with Crippen LogP contribution in [0, 0.1) is 56.2 Å². The standard InChI is InChI=1S/C50H69ClN2O8/c1-28(2)38-33(55)26-50(40(58-29(3)54)42-53-52-41(60-42)30-14-16-31(51)17-15-30)25-24-48(12)32(39(38)50)18-19-35-47(11)22-21-36(46(9,10)34(47)20-23-49(35,48)13)59-37(56)27-45(7,8)43(57)61-44(4,5)6/h14-17,28,32,34-36,40H,18-27H2,1-13H3/t32-,34+,35-,36+,40+,47+,48-,49-,50-/m1/s1. The Balaban J connectivity index is 1.19. The van der Waals surface area contributed by atoms with Gasteiger partial charge in [0.05, 0.1) is 11.8 Å². The molecule has 0 spiro atoms. The smallest absolute Gasteiger partial charge is 0.312 e. The number of ether oxygens (including phenoxy) is 3. The first-order valence-corrected chi connectivity index (χ1v) is 23.1. The average Bonchev–Trinajstić information content (AvgIpc) is 3.74. The van der Waals surface area contributed by atoms with Crippen LogP contribution in [-0.4, -0.2) is 45.6 Å². The normalized spacial score (nSPS) is 33.9. The number of Topliss-reactive ketones (excluding diaryl/α,β-unsaturated/α-hetero) is 1. The van der Waals surface area contributed by atoms with Crippen LogP contribution in [0.1, 0.15) is 166 Å². The number of esters is 3. The molecule has 1 heterocycles. The first-order chi connectivity index (χ1) is 28.2. The number of benzene rings is 1. The average molecular weight is 862 g/mol. The van der Waals surface area contributed by atoms with E-state index in [0.29, 0.717) is 34.7 Å². The van der Waals surface area contributed by atoms with E-state index in [0.717, 1.165) is 56.1 Å². The number of aromatic nitrogens is 2. The second-order valence-electron chi connectivity index (χ2n) is 22.7. The molecule has 4 saturated carbocycles. The highest BCUT2D eigenvalue weighted by atomic mass is 35.5. The molecule has 0 unspecified atom stereocenters. The van der Waals surface area contributed by atoms with E-state index in [1.165, 1.54) is 6.92 Å². The number of carbonyl (C=O) groups excluding carboxylic acids is 4. The van der Waals surface area contributed by atoms with Gasteiger partial charge in [0, 0.05) is 34.8 Å². The number of fused-ring (bicyclic) bond motifs is 7. The molecule has 0 N–H and O–H groups in total. The Hall–Kier alpha value is -3.53. The van der Waals surface area contributed by atoms with Crippen LogP contribution in [0.15, 0.2) is 39.8 Å². The van der Waals surface area contributed by atoms with Gasteiger partial charge in [-0.1, -0.05) is 60.1 Å². The Bertz CT molecular complexity index is 2110. The molecule has 2 aromatic rings. The van der Waals surface area contributed by atoms with Crippen molar-refractivity contribution in [2.45, 2.75) is 172 Å². The zero-order chi connectivity index (χ0) is 44.9. The van der Waals surface area contributed by atoms with E-state index in [2.05, 4.69) is 58.7 Å². The fraction of sp³-hybridized carbons (Fsp3) is 0.720. The first kappa shape index (κ1) is 45.5. The molecular formula is C50H69ClN2O8. The molecule has 1 aromatic heterocycles. The Kier molecular flexibility index (Phi) is 11.4. The van der Waals surface area contributed by atoms with Crippen molar-refractivity contribution < 1.29 is 37.8 Å². The summed E-state index contributed by atoms with van der Waals surface area (Å²) < 4.78 is 24.7. The molecule has 0 radical (unpaired) electrons. The summed E-state index contributed by atoms with van der Waals surface area (Å²) in [6.07, 6.45) is 6.20. The van der Waals surface area contributed by atoms with Crippen molar-refractivity contribution in [2.24, 2.45) is 56.2 Å². The largest absolute Gasteiger partial charge is 0.462 e. The van der Waals surface area contributed by atoms with E-state index in [1.807, 2.05) is 32.9 Å². The molecule has 5 aliphatic rings. The van der Waals surface area contributed by atoms with E-state index in [1.54, 1.807) is 26.0 Å². The van der Waals surface area contributed by atoms with Crippen LogP contribution in [0.25, 0.3) is 11.5 Å². The highest BCUT2D eigenvalue weighted by Crippen LogP contribution is 2.78. The quantitative estimate of drug-likeness (QED) is 0.177. The third kappa shape index (κ3) is 7.50. The van der Waals surface area contributed by atoms with Gasteiger partial charge in [-0.15, -0.1) is 10.2 Å². The van der Waals surface area contributed by atoms with E-state index < -0.39 is 34.5 Å². The van der Waals surface area contributed by atoms with E-state index in [9.17, 15) is 19.2 Å². The van der Waals surface area contributed by atoms with Crippen molar-refractivity contribution in [3.63, 3.8) is 0 Å². The van der Waals surface area contributed by atoms with E-state index in [4.69, 9.17) is 30.2 Å². The molecule has 9 atom stereocenters. The van der Waals surface area contributed by atoms with E-state index in [-0.39, 0.29) is 70.1 Å². The minimum absolute atomic E-state index is 0.000560. The summed E-state index contributed by atoms with van der Waals surface area (Å²) in [6, 6.07) is 7.16. The summed E-state index contributed by atoms with van der Waals surface area (Å²) in [7, 11) is 0. The monoisotopic (exact) mass is 860 g/mol. The Morgan fingerprint density at radius 1 is 0.869 bits per heavy atom. The molecule has 11 heteroatoms. The predicted molar refractivity (Wildman–Crippen MR) is 233 cm³/mol. The maximum Gasteiger partial charge on any atom is 0.312 e. The molecule has 0 saturated heterocycles. The molecule has 1 aromatic carbocycles. The third-order valence-electron chi connectivity index (χ3n) is 16.8. The lowest BCUT2D eigenvalue weighted by atomic mass is 9.33. The molecule has 334 valence electrons. The number of ketones is 1. The zero-order valence-electron chi connectivity index (χ0n) is 38.9. The van der Waals surface area contributed by atoms with Crippen LogP contribution in [0.3, 0.4) is 0 Å². The van der Waals surface area contributed by atoms with Gasteiger partial charge in [0.25, 0.3) is 5.89 Å². The Morgan fingerprint density at radius 3 is 2.16 bits per heavy atom. The summed E-state index contributed by atoms with van der Waals surface area (Å²) in [5.74, 6) is 0.243. The van der Waals surface area contributed by atoms with Gasteiger partial charge in [-0.3, -0.25) is 19.2 Å². The predicted octanol–water partition coefficient (Wildman–Crippen LogP) is 11.6. The summed E-state index contributed by atoms with van der Waals surface area (Å²) >= 11 is 6.17. The fourth-order valence-electron chi connectivity index (χ4n) is 13.8.